The molecule has 24 heavy (non-hydrogen) atoms. The Kier molecular flexibility index (Phi) is 4.34. The zero-order valence-corrected chi connectivity index (χ0v) is 13.5. The fourth-order valence-corrected chi connectivity index (χ4v) is 2.87. The number of nitrogens with zero attached hydrogens (tertiary/aromatic N) is 3. The zero-order valence-electron chi connectivity index (χ0n) is 13.5. The normalized spacial score (nSPS) is 20.9. The van der Waals surface area contributed by atoms with Crippen LogP contribution >= 0.6 is 0 Å². The highest BCUT2D eigenvalue weighted by atomic mass is 16.3. The molecule has 0 saturated carbocycles. The van der Waals surface area contributed by atoms with Gasteiger partial charge >= 0.3 is 5.69 Å². The van der Waals surface area contributed by atoms with E-state index in [-0.39, 0.29) is 11.7 Å². The number of amides is 1. The van der Waals surface area contributed by atoms with Crippen molar-refractivity contribution in [3.05, 3.63) is 40.0 Å². The van der Waals surface area contributed by atoms with Crippen molar-refractivity contribution in [3.63, 3.8) is 0 Å². The van der Waals surface area contributed by atoms with Crippen LogP contribution in [0.3, 0.4) is 0 Å². The predicted octanol–water partition coefficient (Wildman–Crippen LogP) is -0.521. The number of imidazole rings is 1. The number of hydrogen-bond donors (Lipinski definition) is 4. The maximum Gasteiger partial charge on any atom is 0.323 e. The molecular weight excluding hydrogens is 312 g/mol. The summed E-state index contributed by atoms with van der Waals surface area (Å²) in [6, 6.07) is 1.42. The average Bonchev–Trinajstić information content (AvgIpc) is 2.88. The summed E-state index contributed by atoms with van der Waals surface area (Å²) in [6.07, 6.45) is 1.52. The van der Waals surface area contributed by atoms with Gasteiger partial charge in [0.1, 0.15) is 17.3 Å². The van der Waals surface area contributed by atoms with Crippen LogP contribution in [0.5, 0.6) is 0 Å². The minimum absolute atomic E-state index is 0.195. The van der Waals surface area contributed by atoms with E-state index < -0.39 is 17.7 Å². The van der Waals surface area contributed by atoms with Gasteiger partial charge in [-0.1, -0.05) is 0 Å². The molecule has 4 N–H and O–H groups in total. The molecule has 0 spiro atoms. The molecule has 2 unspecified atom stereocenters. The van der Waals surface area contributed by atoms with Crippen LogP contribution in [0.1, 0.15) is 28.4 Å². The minimum Gasteiger partial charge on any atom is -0.389 e. The number of β-amino-alcohol motifs (C(OH)–C–C–N with tert-alkyl or cyclic N) is 1. The number of hydrogen-bond acceptors (Lipinski definition) is 6. The number of aromatic nitrogens is 4. The highest BCUT2D eigenvalue weighted by molar-refractivity contribution is 5.93. The number of nitrogens with one attached hydrogen (secondary N) is 3. The number of rotatable bonds is 3. The molecule has 0 radical (unpaired) electrons. The molecule has 9 heteroatoms. The topological polar surface area (TPSA) is 127 Å². The SMILES string of the molecule is Cc1nccc(N2CCC(NC(=O)c3[nH]c(=O)[nH]c3C)C(O)C2)n1. The first kappa shape index (κ1) is 16.2. The van der Waals surface area contributed by atoms with Crippen LogP contribution in [-0.4, -0.2) is 56.2 Å². The molecule has 0 aliphatic carbocycles. The molecular formula is C15H20N6O3. The Morgan fingerprint density at radius 2 is 2.21 bits per heavy atom. The molecule has 1 saturated heterocycles. The van der Waals surface area contributed by atoms with E-state index in [2.05, 4.69) is 25.3 Å². The summed E-state index contributed by atoms with van der Waals surface area (Å²) in [6.45, 7) is 4.47. The monoisotopic (exact) mass is 332 g/mol. The third-order valence-electron chi connectivity index (χ3n) is 4.13. The van der Waals surface area contributed by atoms with Gasteiger partial charge in [-0.15, -0.1) is 0 Å². The molecule has 1 aliphatic heterocycles. The van der Waals surface area contributed by atoms with Gasteiger partial charge in [0, 0.05) is 25.0 Å². The Balaban J connectivity index is 1.65. The number of carbonyl (C=O) groups excluding carboxylic acids is 1. The number of carbonyl (C=O) groups is 1. The summed E-state index contributed by atoms with van der Waals surface area (Å²) in [4.78, 5) is 38.8. The predicted molar refractivity (Wildman–Crippen MR) is 87.0 cm³/mol. The van der Waals surface area contributed by atoms with Gasteiger partial charge < -0.3 is 25.3 Å². The Morgan fingerprint density at radius 3 is 2.83 bits per heavy atom. The first-order valence-electron chi connectivity index (χ1n) is 7.76. The van der Waals surface area contributed by atoms with Crippen LogP contribution < -0.4 is 15.9 Å². The minimum atomic E-state index is -0.732. The van der Waals surface area contributed by atoms with Gasteiger partial charge in [0.15, 0.2) is 0 Å². The van der Waals surface area contributed by atoms with Crippen molar-refractivity contribution in [3.8, 4) is 0 Å². The summed E-state index contributed by atoms with van der Waals surface area (Å²) in [5, 5.41) is 13.1. The fourth-order valence-electron chi connectivity index (χ4n) is 2.87. The van der Waals surface area contributed by atoms with Crippen LogP contribution in [0.2, 0.25) is 0 Å². The molecule has 1 amide bonds. The maximum atomic E-state index is 12.2. The second-order valence-corrected chi connectivity index (χ2v) is 5.92. The Hall–Kier alpha value is -2.68. The zero-order chi connectivity index (χ0) is 17.3. The summed E-state index contributed by atoms with van der Waals surface area (Å²) in [7, 11) is 0. The van der Waals surface area contributed by atoms with Gasteiger partial charge in [-0.2, -0.15) is 0 Å². The van der Waals surface area contributed by atoms with E-state index in [1.165, 1.54) is 0 Å². The lowest BCUT2D eigenvalue weighted by Gasteiger charge is -2.36. The molecule has 0 aromatic carbocycles. The van der Waals surface area contributed by atoms with Gasteiger partial charge in [-0.3, -0.25) is 4.79 Å². The van der Waals surface area contributed by atoms with E-state index in [0.29, 0.717) is 31.0 Å². The Labute approximate surface area is 138 Å². The quantitative estimate of drug-likeness (QED) is 0.599. The van der Waals surface area contributed by atoms with Crippen LogP contribution in [0.25, 0.3) is 0 Å². The molecule has 0 bridgehead atoms. The van der Waals surface area contributed by atoms with E-state index in [9.17, 15) is 14.7 Å². The fraction of sp³-hybridized carbons (Fsp3) is 0.467. The Morgan fingerprint density at radius 1 is 1.42 bits per heavy atom. The van der Waals surface area contributed by atoms with Crippen molar-refractivity contribution in [2.24, 2.45) is 0 Å². The largest absolute Gasteiger partial charge is 0.389 e. The number of aliphatic hydroxyl groups is 1. The number of anilines is 1. The van der Waals surface area contributed by atoms with E-state index >= 15 is 0 Å². The molecule has 1 fully saturated rings. The summed E-state index contributed by atoms with van der Waals surface area (Å²) < 4.78 is 0. The number of piperidine rings is 1. The lowest BCUT2D eigenvalue weighted by molar-refractivity contribution is 0.0793. The molecule has 2 aromatic heterocycles. The summed E-state index contributed by atoms with van der Waals surface area (Å²) in [5.41, 5.74) is 0.245. The van der Waals surface area contributed by atoms with Gasteiger partial charge in [-0.05, 0) is 26.3 Å². The van der Waals surface area contributed by atoms with E-state index in [4.69, 9.17) is 0 Å². The van der Waals surface area contributed by atoms with Crippen LogP contribution in [-0.2, 0) is 0 Å². The van der Waals surface area contributed by atoms with Crippen molar-refractivity contribution in [1.29, 1.82) is 0 Å². The molecule has 3 heterocycles. The molecule has 3 rings (SSSR count). The number of aromatic amines is 2. The van der Waals surface area contributed by atoms with Crippen LogP contribution in [0.4, 0.5) is 5.82 Å². The van der Waals surface area contributed by atoms with Crippen molar-refractivity contribution in [2.45, 2.75) is 32.4 Å². The average molecular weight is 332 g/mol. The second kappa shape index (κ2) is 6.44. The molecule has 9 nitrogen and oxygen atoms in total. The number of aliphatic hydroxyl groups excluding tert-OH is 1. The summed E-state index contributed by atoms with van der Waals surface area (Å²) >= 11 is 0. The van der Waals surface area contributed by atoms with Gasteiger partial charge in [-0.25, -0.2) is 14.8 Å². The first-order valence-corrected chi connectivity index (χ1v) is 7.76. The number of H-pyrrole nitrogens is 2. The lowest BCUT2D eigenvalue weighted by atomic mass is 10.0. The molecule has 2 atom stereocenters. The van der Waals surface area contributed by atoms with Crippen molar-refractivity contribution in [1.82, 2.24) is 25.3 Å². The maximum absolute atomic E-state index is 12.2. The van der Waals surface area contributed by atoms with Crippen molar-refractivity contribution < 1.29 is 9.90 Å². The van der Waals surface area contributed by atoms with E-state index in [0.717, 1.165) is 5.82 Å². The van der Waals surface area contributed by atoms with E-state index in [1.807, 2.05) is 11.8 Å². The van der Waals surface area contributed by atoms with Gasteiger partial charge in [0.2, 0.25) is 0 Å². The lowest BCUT2D eigenvalue weighted by Crippen LogP contribution is -2.54. The molecule has 2 aromatic rings. The highest BCUT2D eigenvalue weighted by Gasteiger charge is 2.30. The second-order valence-electron chi connectivity index (χ2n) is 5.92. The Bertz CT molecular complexity index is 799. The number of aryl methyl sites for hydroxylation is 2. The third-order valence-corrected chi connectivity index (χ3v) is 4.13. The van der Waals surface area contributed by atoms with Crippen LogP contribution in [0, 0.1) is 13.8 Å². The molecule has 128 valence electrons. The summed E-state index contributed by atoms with van der Waals surface area (Å²) in [5.74, 6) is 1.03. The van der Waals surface area contributed by atoms with E-state index in [1.54, 1.807) is 19.2 Å². The third kappa shape index (κ3) is 3.30. The van der Waals surface area contributed by atoms with Crippen molar-refractivity contribution in [2.75, 3.05) is 18.0 Å². The highest BCUT2D eigenvalue weighted by Crippen LogP contribution is 2.18. The standard InChI is InChI=1S/C15H20N6O3/c1-8-13(20-15(24)17-8)14(23)19-10-4-6-21(7-11(10)22)12-3-5-16-9(2)18-12/h3,5,10-11,22H,4,6-7H2,1-2H3,(H,19,23)(H2,17,20,24). The van der Waals surface area contributed by atoms with Crippen LogP contribution in [0.15, 0.2) is 17.1 Å². The first-order chi connectivity index (χ1) is 11.4. The molecule has 1 aliphatic rings. The van der Waals surface area contributed by atoms with Crippen molar-refractivity contribution >= 4 is 11.7 Å². The van der Waals surface area contributed by atoms with Gasteiger partial charge in [0.25, 0.3) is 5.91 Å². The smallest absolute Gasteiger partial charge is 0.323 e. The van der Waals surface area contributed by atoms with Gasteiger partial charge in [0.05, 0.1) is 12.1 Å².